The second-order valence-corrected chi connectivity index (χ2v) is 6.27. The smallest absolute Gasteiger partial charge is 0.321 e. The Hall–Kier alpha value is -1.53. The minimum atomic E-state index is -0.983. The van der Waals surface area contributed by atoms with Crippen molar-refractivity contribution >= 4 is 23.7 Å². The molecule has 0 radical (unpaired) electrons. The van der Waals surface area contributed by atoms with Crippen LogP contribution in [0, 0.1) is 12.8 Å². The third kappa shape index (κ3) is 3.52. The molecule has 1 fully saturated rings. The van der Waals surface area contributed by atoms with E-state index < -0.39 is 23.9 Å². The Labute approximate surface area is 121 Å². The highest BCUT2D eigenvalue weighted by molar-refractivity contribution is 8.00. The molecular formula is C14H17NO4S. The minimum absolute atomic E-state index is 0.0464. The number of thioether (sulfide) groups is 1. The number of benzene rings is 1. The van der Waals surface area contributed by atoms with Crippen LogP contribution in [0.2, 0.25) is 0 Å². The zero-order valence-electron chi connectivity index (χ0n) is 11.1. The van der Waals surface area contributed by atoms with Crippen molar-refractivity contribution in [2.75, 3.05) is 6.54 Å². The molecule has 0 aromatic heterocycles. The number of carboxylic acids is 2. The van der Waals surface area contributed by atoms with Gasteiger partial charge < -0.3 is 15.5 Å². The molecule has 0 bridgehead atoms. The molecule has 1 aliphatic heterocycles. The van der Waals surface area contributed by atoms with Gasteiger partial charge in [0.25, 0.3) is 0 Å². The lowest BCUT2D eigenvalue weighted by atomic mass is 9.96. The topological polar surface area (TPSA) is 86.6 Å². The van der Waals surface area contributed by atoms with Crippen molar-refractivity contribution in [2.24, 2.45) is 5.92 Å². The van der Waals surface area contributed by atoms with Crippen molar-refractivity contribution in [3.63, 3.8) is 0 Å². The van der Waals surface area contributed by atoms with E-state index in [1.165, 1.54) is 0 Å². The van der Waals surface area contributed by atoms with Crippen LogP contribution in [-0.2, 0) is 9.59 Å². The summed E-state index contributed by atoms with van der Waals surface area (Å²) in [5, 5.41) is 21.0. The molecule has 0 saturated carbocycles. The van der Waals surface area contributed by atoms with Crippen LogP contribution < -0.4 is 5.32 Å². The molecule has 1 saturated heterocycles. The first-order chi connectivity index (χ1) is 9.47. The van der Waals surface area contributed by atoms with E-state index in [9.17, 15) is 9.59 Å². The normalized spacial score (nSPS) is 25.6. The lowest BCUT2D eigenvalue weighted by Gasteiger charge is -2.19. The highest BCUT2D eigenvalue weighted by Crippen LogP contribution is 2.35. The van der Waals surface area contributed by atoms with E-state index >= 15 is 0 Å². The first-order valence-corrected chi connectivity index (χ1v) is 7.26. The van der Waals surface area contributed by atoms with Gasteiger partial charge in [-0.1, -0.05) is 17.7 Å². The number of aliphatic carboxylic acids is 2. The van der Waals surface area contributed by atoms with Crippen molar-refractivity contribution < 1.29 is 19.8 Å². The molecule has 1 aromatic rings. The second kappa shape index (κ2) is 6.28. The van der Waals surface area contributed by atoms with E-state index in [0.29, 0.717) is 6.54 Å². The molecule has 5 nitrogen and oxygen atoms in total. The fourth-order valence-electron chi connectivity index (χ4n) is 2.40. The summed E-state index contributed by atoms with van der Waals surface area (Å²) in [4.78, 5) is 23.1. The molecule has 1 aromatic carbocycles. The van der Waals surface area contributed by atoms with E-state index in [0.717, 1.165) is 10.5 Å². The molecule has 0 aliphatic carbocycles. The lowest BCUT2D eigenvalue weighted by molar-refractivity contribution is -0.141. The molecule has 20 heavy (non-hydrogen) atoms. The molecule has 0 unspecified atom stereocenters. The summed E-state index contributed by atoms with van der Waals surface area (Å²) in [5.74, 6) is -2.35. The van der Waals surface area contributed by atoms with Crippen molar-refractivity contribution in [1.82, 2.24) is 5.32 Å². The van der Waals surface area contributed by atoms with Crippen LogP contribution in [0.4, 0.5) is 0 Å². The van der Waals surface area contributed by atoms with Gasteiger partial charge in [0.15, 0.2) is 0 Å². The largest absolute Gasteiger partial charge is 0.481 e. The Bertz CT molecular complexity index is 502. The van der Waals surface area contributed by atoms with Gasteiger partial charge in [-0.3, -0.25) is 9.59 Å². The van der Waals surface area contributed by atoms with Crippen LogP contribution in [0.1, 0.15) is 12.0 Å². The van der Waals surface area contributed by atoms with Crippen LogP contribution in [0.25, 0.3) is 0 Å². The average Bonchev–Trinajstić information content (AvgIpc) is 2.75. The maximum atomic E-state index is 11.2. The van der Waals surface area contributed by atoms with Gasteiger partial charge >= 0.3 is 11.9 Å². The monoisotopic (exact) mass is 295 g/mol. The summed E-state index contributed by atoms with van der Waals surface area (Å²) >= 11 is 1.54. The summed E-state index contributed by atoms with van der Waals surface area (Å²) < 4.78 is 0. The number of aryl methyl sites for hydroxylation is 1. The van der Waals surface area contributed by atoms with Crippen LogP contribution >= 0.6 is 11.8 Å². The summed E-state index contributed by atoms with van der Waals surface area (Å²) in [7, 11) is 0. The molecule has 1 heterocycles. The highest BCUT2D eigenvalue weighted by atomic mass is 32.2. The quantitative estimate of drug-likeness (QED) is 0.765. The van der Waals surface area contributed by atoms with Gasteiger partial charge in [0.1, 0.15) is 6.04 Å². The maximum absolute atomic E-state index is 11.2. The number of carboxylic acid groups (broad SMARTS) is 2. The Kier molecular flexibility index (Phi) is 4.67. The van der Waals surface area contributed by atoms with E-state index in [1.807, 2.05) is 31.2 Å². The van der Waals surface area contributed by atoms with Gasteiger partial charge in [0.05, 0.1) is 6.42 Å². The van der Waals surface area contributed by atoms with Crippen LogP contribution in [-0.4, -0.2) is 40.0 Å². The third-order valence-electron chi connectivity index (χ3n) is 3.43. The second-order valence-electron chi connectivity index (χ2n) is 4.96. The summed E-state index contributed by atoms with van der Waals surface area (Å²) in [6.07, 6.45) is -0.131. The van der Waals surface area contributed by atoms with Gasteiger partial charge in [0.2, 0.25) is 0 Å². The molecule has 1 aliphatic rings. The van der Waals surface area contributed by atoms with Crippen molar-refractivity contribution in [1.29, 1.82) is 0 Å². The summed E-state index contributed by atoms with van der Waals surface area (Å²) in [6.45, 7) is 2.51. The molecule has 0 amide bonds. The van der Waals surface area contributed by atoms with Crippen molar-refractivity contribution in [2.45, 2.75) is 29.5 Å². The summed E-state index contributed by atoms with van der Waals surface area (Å²) in [6, 6.07) is 7.16. The SMILES string of the molecule is Cc1ccc(S[C@@H]2CN[C@@H](C(=O)O)[C@@H]2CC(=O)O)cc1. The van der Waals surface area contributed by atoms with E-state index in [4.69, 9.17) is 10.2 Å². The highest BCUT2D eigenvalue weighted by Gasteiger charge is 2.41. The summed E-state index contributed by atoms with van der Waals surface area (Å²) in [5.41, 5.74) is 1.16. The number of nitrogens with one attached hydrogen (secondary N) is 1. The first kappa shape index (κ1) is 14.9. The molecule has 2 rings (SSSR count). The van der Waals surface area contributed by atoms with Crippen LogP contribution in [0.5, 0.6) is 0 Å². The number of carbonyl (C=O) groups is 2. The Balaban J connectivity index is 2.11. The van der Waals surface area contributed by atoms with Gasteiger partial charge in [-0.2, -0.15) is 0 Å². The zero-order valence-corrected chi connectivity index (χ0v) is 11.9. The third-order valence-corrected chi connectivity index (χ3v) is 4.79. The molecule has 6 heteroatoms. The zero-order chi connectivity index (χ0) is 14.7. The van der Waals surface area contributed by atoms with Gasteiger partial charge in [-0.05, 0) is 19.1 Å². The predicted molar refractivity (Wildman–Crippen MR) is 76.0 cm³/mol. The fourth-order valence-corrected chi connectivity index (χ4v) is 3.65. The standard InChI is InChI=1S/C14H17NO4S/c1-8-2-4-9(5-3-8)20-11-7-15-13(14(18)19)10(11)6-12(16)17/h2-5,10-11,13,15H,6-7H2,1H3,(H,16,17)(H,18,19)/t10-,11-,13-/m1/s1. The number of hydrogen-bond acceptors (Lipinski definition) is 4. The van der Waals surface area contributed by atoms with E-state index in [1.54, 1.807) is 11.8 Å². The molecule has 108 valence electrons. The number of rotatable bonds is 5. The first-order valence-electron chi connectivity index (χ1n) is 6.38. The maximum Gasteiger partial charge on any atom is 0.321 e. The minimum Gasteiger partial charge on any atom is -0.481 e. The van der Waals surface area contributed by atoms with Crippen molar-refractivity contribution in [3.05, 3.63) is 29.8 Å². The van der Waals surface area contributed by atoms with Gasteiger partial charge in [-0.25, -0.2) is 0 Å². The Morgan fingerprint density at radius 3 is 2.50 bits per heavy atom. The van der Waals surface area contributed by atoms with E-state index in [2.05, 4.69) is 5.32 Å². The van der Waals surface area contributed by atoms with Crippen molar-refractivity contribution in [3.8, 4) is 0 Å². The van der Waals surface area contributed by atoms with Crippen LogP contribution in [0.3, 0.4) is 0 Å². The predicted octanol–water partition coefficient (Wildman–Crippen LogP) is 1.60. The fraction of sp³-hybridized carbons (Fsp3) is 0.429. The van der Waals surface area contributed by atoms with Gasteiger partial charge in [0, 0.05) is 22.6 Å². The Morgan fingerprint density at radius 1 is 1.30 bits per heavy atom. The molecule has 3 N–H and O–H groups in total. The van der Waals surface area contributed by atoms with Crippen LogP contribution in [0.15, 0.2) is 29.2 Å². The Morgan fingerprint density at radius 2 is 1.95 bits per heavy atom. The molecule has 3 atom stereocenters. The molecule has 0 spiro atoms. The van der Waals surface area contributed by atoms with E-state index in [-0.39, 0.29) is 11.7 Å². The number of hydrogen-bond donors (Lipinski definition) is 3. The van der Waals surface area contributed by atoms with Gasteiger partial charge in [-0.15, -0.1) is 11.8 Å². The molecular weight excluding hydrogens is 278 g/mol. The lowest BCUT2D eigenvalue weighted by Crippen LogP contribution is -2.37. The average molecular weight is 295 g/mol.